The molecule has 1 aliphatic carbocycles. The highest BCUT2D eigenvalue weighted by Crippen LogP contribution is 2.41. The van der Waals surface area contributed by atoms with Crippen molar-refractivity contribution in [1.29, 1.82) is 0 Å². The van der Waals surface area contributed by atoms with Crippen LogP contribution in [0, 0.1) is 11.8 Å². The molecule has 0 saturated carbocycles. The van der Waals surface area contributed by atoms with E-state index in [0.29, 0.717) is 37.2 Å². The molecule has 1 unspecified atom stereocenters. The summed E-state index contributed by atoms with van der Waals surface area (Å²) in [7, 11) is 0. The van der Waals surface area contributed by atoms with Crippen LogP contribution in [0.15, 0.2) is 17.9 Å². The number of carbonyl (C=O) groups excluding carboxylic acids is 1. The van der Waals surface area contributed by atoms with E-state index in [2.05, 4.69) is 0 Å². The number of aliphatic hydroxyl groups is 1. The fourth-order valence-electron chi connectivity index (χ4n) is 4.36. The maximum Gasteiger partial charge on any atom is 0.167 e. The summed E-state index contributed by atoms with van der Waals surface area (Å²) < 4.78 is 5.42. The summed E-state index contributed by atoms with van der Waals surface area (Å²) >= 11 is 0. The molecule has 3 rings (SSSR count). The Bertz CT molecular complexity index is 658. The van der Waals surface area contributed by atoms with Crippen LogP contribution >= 0.6 is 0 Å². The molecular weight excluding hydrogens is 316 g/mol. The standard InChI is InChI=1S/C21H28O4/c1-3-13-9-17(22)10-14(4-2)20(13)21-18(23)11-16(12-19(21)24)15-5-7-25-8-6-15/h9-10,15-16,22-23H,3-8,11-12H2,1-2H3. The molecule has 1 atom stereocenters. The Morgan fingerprint density at radius 1 is 1.00 bits per heavy atom. The zero-order valence-electron chi connectivity index (χ0n) is 15.2. The molecule has 4 heteroatoms. The molecule has 1 aliphatic heterocycles. The minimum absolute atomic E-state index is 0.0373. The number of phenols is 1. The summed E-state index contributed by atoms with van der Waals surface area (Å²) in [5.74, 6) is 1.16. The van der Waals surface area contributed by atoms with Crippen molar-refractivity contribution in [3.8, 4) is 5.75 Å². The number of Topliss-reactive ketones (excluding diaryl/α,β-unsaturated/α-hetero) is 1. The van der Waals surface area contributed by atoms with Crippen LogP contribution in [0.2, 0.25) is 0 Å². The summed E-state index contributed by atoms with van der Waals surface area (Å²) in [5, 5.41) is 20.7. The Hall–Kier alpha value is -1.81. The summed E-state index contributed by atoms with van der Waals surface area (Å²) in [4.78, 5) is 13.0. The SMILES string of the molecule is CCc1cc(O)cc(CC)c1C1=C(O)CC(C2CCOCC2)CC1=O. The fourth-order valence-corrected chi connectivity index (χ4v) is 4.36. The second-order valence-electron chi connectivity index (χ2n) is 7.21. The van der Waals surface area contributed by atoms with Crippen LogP contribution in [0.25, 0.3) is 5.57 Å². The minimum Gasteiger partial charge on any atom is -0.512 e. The van der Waals surface area contributed by atoms with Gasteiger partial charge in [0.2, 0.25) is 0 Å². The smallest absolute Gasteiger partial charge is 0.167 e. The minimum atomic E-state index is 0.0373. The van der Waals surface area contributed by atoms with E-state index in [9.17, 15) is 15.0 Å². The number of allylic oxidation sites excluding steroid dienone is 2. The van der Waals surface area contributed by atoms with E-state index in [1.807, 2.05) is 13.8 Å². The molecule has 0 spiro atoms. The average molecular weight is 344 g/mol. The summed E-state index contributed by atoms with van der Waals surface area (Å²) in [6.07, 6.45) is 4.44. The van der Waals surface area contributed by atoms with Crippen molar-refractivity contribution in [2.75, 3.05) is 13.2 Å². The lowest BCUT2D eigenvalue weighted by atomic mass is 9.73. The van der Waals surface area contributed by atoms with E-state index in [-0.39, 0.29) is 23.2 Å². The fraction of sp³-hybridized carbons (Fsp3) is 0.571. The Morgan fingerprint density at radius 3 is 2.12 bits per heavy atom. The lowest BCUT2D eigenvalue weighted by Crippen LogP contribution is -2.29. The Labute approximate surface area is 149 Å². The van der Waals surface area contributed by atoms with Gasteiger partial charge in [0.15, 0.2) is 5.78 Å². The summed E-state index contributed by atoms with van der Waals surface area (Å²) in [5.41, 5.74) is 3.18. The van der Waals surface area contributed by atoms with Gasteiger partial charge in [0.25, 0.3) is 0 Å². The first-order valence-corrected chi connectivity index (χ1v) is 9.43. The molecule has 1 aromatic carbocycles. The summed E-state index contributed by atoms with van der Waals surface area (Å²) in [6.45, 7) is 5.52. The molecule has 1 fully saturated rings. The maximum atomic E-state index is 13.0. The van der Waals surface area contributed by atoms with E-state index in [1.165, 1.54) is 0 Å². The summed E-state index contributed by atoms with van der Waals surface area (Å²) in [6, 6.07) is 3.43. The predicted molar refractivity (Wildman–Crippen MR) is 97.7 cm³/mol. The van der Waals surface area contributed by atoms with E-state index in [1.54, 1.807) is 12.1 Å². The highest BCUT2D eigenvalue weighted by Gasteiger charge is 2.35. The topological polar surface area (TPSA) is 66.8 Å². The third-order valence-electron chi connectivity index (χ3n) is 5.70. The molecule has 0 bridgehead atoms. The van der Waals surface area contributed by atoms with Crippen LogP contribution in [0.4, 0.5) is 0 Å². The number of aliphatic hydroxyl groups excluding tert-OH is 1. The molecule has 1 aromatic rings. The number of phenolic OH excluding ortho intramolecular Hbond substituents is 1. The molecule has 0 radical (unpaired) electrons. The molecule has 0 aromatic heterocycles. The van der Waals surface area contributed by atoms with Gasteiger partial charge in [-0.05, 0) is 66.3 Å². The first-order valence-electron chi connectivity index (χ1n) is 9.43. The molecular formula is C21H28O4. The molecule has 136 valence electrons. The number of hydrogen-bond donors (Lipinski definition) is 2. The second kappa shape index (κ2) is 7.61. The van der Waals surface area contributed by atoms with Crippen LogP contribution in [-0.2, 0) is 22.4 Å². The number of ether oxygens (including phenoxy) is 1. The van der Waals surface area contributed by atoms with Crippen LogP contribution < -0.4 is 0 Å². The van der Waals surface area contributed by atoms with Crippen molar-refractivity contribution >= 4 is 11.4 Å². The largest absolute Gasteiger partial charge is 0.512 e. The molecule has 1 heterocycles. The Kier molecular flexibility index (Phi) is 5.48. The normalized spacial score (nSPS) is 22.5. The Balaban J connectivity index is 1.98. The van der Waals surface area contributed by atoms with E-state index in [4.69, 9.17) is 4.74 Å². The molecule has 4 nitrogen and oxygen atoms in total. The van der Waals surface area contributed by atoms with Gasteiger partial charge in [-0.15, -0.1) is 0 Å². The van der Waals surface area contributed by atoms with Crippen LogP contribution in [0.3, 0.4) is 0 Å². The van der Waals surface area contributed by atoms with Gasteiger partial charge in [-0.3, -0.25) is 4.79 Å². The van der Waals surface area contributed by atoms with Gasteiger partial charge in [0.1, 0.15) is 11.5 Å². The van der Waals surface area contributed by atoms with Crippen LogP contribution in [0.5, 0.6) is 5.75 Å². The third-order valence-corrected chi connectivity index (χ3v) is 5.70. The van der Waals surface area contributed by atoms with Gasteiger partial charge in [-0.2, -0.15) is 0 Å². The Morgan fingerprint density at radius 2 is 1.60 bits per heavy atom. The molecule has 0 amide bonds. The highest BCUT2D eigenvalue weighted by molar-refractivity contribution is 6.22. The predicted octanol–water partition coefficient (Wildman–Crippen LogP) is 4.19. The monoisotopic (exact) mass is 344 g/mol. The zero-order valence-corrected chi connectivity index (χ0v) is 15.2. The number of ketones is 1. The first kappa shape index (κ1) is 18.0. The van der Waals surface area contributed by atoms with Gasteiger partial charge in [0.05, 0.1) is 5.57 Å². The van der Waals surface area contributed by atoms with E-state index < -0.39 is 0 Å². The lowest BCUT2D eigenvalue weighted by Gasteiger charge is -2.33. The second-order valence-corrected chi connectivity index (χ2v) is 7.21. The molecule has 1 saturated heterocycles. The average Bonchev–Trinajstić information content (AvgIpc) is 2.62. The lowest BCUT2D eigenvalue weighted by molar-refractivity contribution is -0.116. The maximum absolute atomic E-state index is 13.0. The number of hydrogen-bond acceptors (Lipinski definition) is 4. The zero-order chi connectivity index (χ0) is 18.0. The number of aromatic hydroxyl groups is 1. The van der Waals surface area contributed by atoms with E-state index >= 15 is 0 Å². The quantitative estimate of drug-likeness (QED) is 0.859. The molecule has 2 N–H and O–H groups in total. The molecule has 25 heavy (non-hydrogen) atoms. The van der Waals surface area contributed by atoms with Crippen molar-refractivity contribution < 1.29 is 19.7 Å². The van der Waals surface area contributed by atoms with Crippen molar-refractivity contribution in [2.45, 2.75) is 52.4 Å². The van der Waals surface area contributed by atoms with Crippen LogP contribution in [-0.4, -0.2) is 29.2 Å². The van der Waals surface area contributed by atoms with Gasteiger partial charge in [0, 0.05) is 26.1 Å². The van der Waals surface area contributed by atoms with Crippen molar-refractivity contribution in [3.05, 3.63) is 34.6 Å². The van der Waals surface area contributed by atoms with E-state index in [0.717, 1.165) is 42.7 Å². The van der Waals surface area contributed by atoms with Gasteiger partial charge >= 0.3 is 0 Å². The van der Waals surface area contributed by atoms with Crippen LogP contribution in [0.1, 0.15) is 56.2 Å². The van der Waals surface area contributed by atoms with Crippen molar-refractivity contribution in [1.82, 2.24) is 0 Å². The first-order chi connectivity index (χ1) is 12.0. The highest BCUT2D eigenvalue weighted by atomic mass is 16.5. The van der Waals surface area contributed by atoms with Gasteiger partial charge in [-0.25, -0.2) is 0 Å². The number of benzene rings is 1. The van der Waals surface area contributed by atoms with Gasteiger partial charge < -0.3 is 14.9 Å². The van der Waals surface area contributed by atoms with Gasteiger partial charge in [-0.1, -0.05) is 13.8 Å². The van der Waals surface area contributed by atoms with Crippen molar-refractivity contribution in [3.63, 3.8) is 0 Å². The number of aryl methyl sites for hydroxylation is 2. The molecule has 2 aliphatic rings. The number of carbonyl (C=O) groups is 1. The number of rotatable bonds is 4. The van der Waals surface area contributed by atoms with Crippen molar-refractivity contribution in [2.24, 2.45) is 11.8 Å². The third kappa shape index (κ3) is 3.59.